The van der Waals surface area contributed by atoms with E-state index in [1.807, 2.05) is 6.08 Å². The topological polar surface area (TPSA) is 89.8 Å². The molecule has 0 aromatic heterocycles. The van der Waals surface area contributed by atoms with Gasteiger partial charge in [0.1, 0.15) is 0 Å². The molecule has 0 aliphatic carbocycles. The standard InChI is InChI=1S/C53H103NO4/c1-3-5-7-9-11-13-15-17-18-19-20-21-22-23-24-25-26-27-28-29-30-31-32-33-34-35-36-38-40-42-44-46-50(56)48-53(58)54-51(49-55)52(57)47-45-43-41-39-37-16-14-12-10-8-6-4-2/h23-24,45,47,50-52,55-57H,3-22,25-44,46,48-49H2,1-2H3,(H,54,58)/b24-23-,47-45+. The second-order valence-electron chi connectivity index (χ2n) is 18.1. The molecule has 0 saturated carbocycles. The number of allylic oxidation sites excluding steroid dienone is 3. The van der Waals surface area contributed by atoms with E-state index in [1.165, 1.54) is 231 Å². The van der Waals surface area contributed by atoms with Crippen LogP contribution in [0.15, 0.2) is 24.3 Å². The predicted molar refractivity (Wildman–Crippen MR) is 255 cm³/mol. The number of carbonyl (C=O) groups is 1. The Morgan fingerprint density at radius 3 is 1.05 bits per heavy atom. The van der Waals surface area contributed by atoms with Crippen LogP contribution in [0.1, 0.15) is 284 Å². The molecule has 5 nitrogen and oxygen atoms in total. The van der Waals surface area contributed by atoms with Crippen LogP contribution < -0.4 is 5.32 Å². The Morgan fingerprint density at radius 1 is 0.431 bits per heavy atom. The van der Waals surface area contributed by atoms with Crippen LogP contribution in [0.5, 0.6) is 0 Å². The SMILES string of the molecule is CCCCCCCCCCCC/C=C/C(O)C(CO)NC(=O)CC(O)CCCCCCCCCCCCCCCCC/C=C\CCCCCCCCCCCCCC. The molecule has 0 spiro atoms. The van der Waals surface area contributed by atoms with E-state index in [4.69, 9.17) is 0 Å². The maximum Gasteiger partial charge on any atom is 0.222 e. The Morgan fingerprint density at radius 2 is 0.724 bits per heavy atom. The molecule has 0 aliphatic rings. The molecule has 344 valence electrons. The Balaban J connectivity index is 3.49. The number of hydrogen-bond acceptors (Lipinski definition) is 4. The summed E-state index contributed by atoms with van der Waals surface area (Å²) in [6, 6.07) is -0.741. The lowest BCUT2D eigenvalue weighted by Gasteiger charge is -2.21. The minimum atomic E-state index is -0.925. The monoisotopic (exact) mass is 818 g/mol. The van der Waals surface area contributed by atoms with Crippen molar-refractivity contribution < 1.29 is 20.1 Å². The molecule has 1 amide bonds. The average molecular weight is 818 g/mol. The van der Waals surface area contributed by atoms with E-state index in [0.29, 0.717) is 6.42 Å². The third kappa shape index (κ3) is 44.4. The van der Waals surface area contributed by atoms with E-state index in [9.17, 15) is 20.1 Å². The number of unbranched alkanes of at least 4 members (excludes halogenated alkanes) is 37. The van der Waals surface area contributed by atoms with Crippen molar-refractivity contribution >= 4 is 5.91 Å². The quantitative estimate of drug-likeness (QED) is 0.0364. The lowest BCUT2D eigenvalue weighted by molar-refractivity contribution is -0.124. The molecule has 0 aliphatic heterocycles. The van der Waals surface area contributed by atoms with E-state index in [-0.39, 0.29) is 18.9 Å². The van der Waals surface area contributed by atoms with Crippen LogP contribution in [-0.2, 0) is 4.79 Å². The van der Waals surface area contributed by atoms with Crippen molar-refractivity contribution in [1.82, 2.24) is 5.32 Å². The molecule has 0 fully saturated rings. The van der Waals surface area contributed by atoms with Crippen molar-refractivity contribution in [2.24, 2.45) is 0 Å². The second kappa shape index (κ2) is 48.5. The van der Waals surface area contributed by atoms with Gasteiger partial charge in [0, 0.05) is 0 Å². The van der Waals surface area contributed by atoms with Crippen LogP contribution in [0.3, 0.4) is 0 Å². The van der Waals surface area contributed by atoms with E-state index >= 15 is 0 Å². The van der Waals surface area contributed by atoms with Crippen molar-refractivity contribution in [2.75, 3.05) is 6.61 Å². The molecule has 0 aromatic carbocycles. The summed E-state index contributed by atoms with van der Waals surface area (Å²) in [5.74, 6) is -0.313. The first-order valence-electron chi connectivity index (χ1n) is 26.1. The van der Waals surface area contributed by atoms with Gasteiger partial charge >= 0.3 is 0 Å². The summed E-state index contributed by atoms with van der Waals surface area (Å²) in [6.07, 6.45) is 60.8. The van der Waals surface area contributed by atoms with E-state index in [2.05, 4.69) is 31.3 Å². The highest BCUT2D eigenvalue weighted by atomic mass is 16.3. The zero-order valence-corrected chi connectivity index (χ0v) is 39.2. The number of aliphatic hydroxyl groups excluding tert-OH is 3. The van der Waals surface area contributed by atoms with Crippen LogP contribution in [0.4, 0.5) is 0 Å². The number of amides is 1. The molecule has 4 N–H and O–H groups in total. The maximum absolute atomic E-state index is 12.5. The number of aliphatic hydroxyl groups is 3. The fourth-order valence-corrected chi connectivity index (χ4v) is 8.22. The summed E-state index contributed by atoms with van der Waals surface area (Å²) in [7, 11) is 0. The molecule has 58 heavy (non-hydrogen) atoms. The molecule has 0 saturated heterocycles. The van der Waals surface area contributed by atoms with Gasteiger partial charge in [0.2, 0.25) is 5.91 Å². The van der Waals surface area contributed by atoms with Crippen LogP contribution in [0, 0.1) is 0 Å². The molecule has 0 aromatic rings. The van der Waals surface area contributed by atoms with Crippen LogP contribution in [0.2, 0.25) is 0 Å². The molecule has 0 rings (SSSR count). The van der Waals surface area contributed by atoms with Crippen LogP contribution in [0.25, 0.3) is 0 Å². The third-order valence-electron chi connectivity index (χ3n) is 12.2. The van der Waals surface area contributed by atoms with E-state index < -0.39 is 18.2 Å². The third-order valence-corrected chi connectivity index (χ3v) is 12.2. The largest absolute Gasteiger partial charge is 0.394 e. The number of rotatable bonds is 48. The first kappa shape index (κ1) is 56.8. The van der Waals surface area contributed by atoms with Gasteiger partial charge in [-0.1, -0.05) is 256 Å². The summed E-state index contributed by atoms with van der Waals surface area (Å²) in [6.45, 7) is 4.22. The van der Waals surface area contributed by atoms with Gasteiger partial charge in [0.05, 0.1) is 31.3 Å². The average Bonchev–Trinajstić information content (AvgIpc) is 3.22. The zero-order chi connectivity index (χ0) is 42.3. The van der Waals surface area contributed by atoms with Gasteiger partial charge in [0.25, 0.3) is 0 Å². The molecular formula is C53H103NO4. The van der Waals surface area contributed by atoms with Crippen molar-refractivity contribution in [1.29, 1.82) is 0 Å². The minimum absolute atomic E-state index is 0.0166. The normalized spacial score (nSPS) is 13.5. The zero-order valence-electron chi connectivity index (χ0n) is 39.2. The Bertz CT molecular complexity index is 859. The number of nitrogens with one attached hydrogen (secondary N) is 1. The summed E-state index contributed by atoms with van der Waals surface area (Å²) in [4.78, 5) is 12.5. The number of hydrogen-bond donors (Lipinski definition) is 4. The fourth-order valence-electron chi connectivity index (χ4n) is 8.22. The van der Waals surface area contributed by atoms with Crippen molar-refractivity contribution in [3.8, 4) is 0 Å². The Hall–Kier alpha value is -1.17. The first-order chi connectivity index (χ1) is 28.5. The van der Waals surface area contributed by atoms with Crippen molar-refractivity contribution in [3.63, 3.8) is 0 Å². The molecular weight excluding hydrogens is 715 g/mol. The summed E-state index contributed by atoms with van der Waals surface area (Å²) in [5.41, 5.74) is 0. The lowest BCUT2D eigenvalue weighted by atomic mass is 10.0. The van der Waals surface area contributed by atoms with Crippen molar-refractivity contribution in [2.45, 2.75) is 302 Å². The summed E-state index contributed by atoms with van der Waals surface area (Å²) >= 11 is 0. The highest BCUT2D eigenvalue weighted by Gasteiger charge is 2.20. The lowest BCUT2D eigenvalue weighted by Crippen LogP contribution is -2.45. The number of carbonyl (C=O) groups excluding carboxylic acids is 1. The Labute approximate surface area is 362 Å². The Kier molecular flexibility index (Phi) is 47.5. The van der Waals surface area contributed by atoms with Crippen molar-refractivity contribution in [3.05, 3.63) is 24.3 Å². The van der Waals surface area contributed by atoms with Gasteiger partial charge < -0.3 is 20.6 Å². The molecule has 0 bridgehead atoms. The van der Waals surface area contributed by atoms with Crippen LogP contribution >= 0.6 is 0 Å². The van der Waals surface area contributed by atoms with Gasteiger partial charge in [-0.2, -0.15) is 0 Å². The van der Waals surface area contributed by atoms with Gasteiger partial charge in [-0.3, -0.25) is 4.79 Å². The first-order valence-corrected chi connectivity index (χ1v) is 26.1. The minimum Gasteiger partial charge on any atom is -0.394 e. The summed E-state index contributed by atoms with van der Waals surface area (Å²) < 4.78 is 0. The summed E-state index contributed by atoms with van der Waals surface area (Å²) in [5, 5.41) is 33.3. The van der Waals surface area contributed by atoms with Gasteiger partial charge in [-0.15, -0.1) is 0 Å². The predicted octanol–water partition coefficient (Wildman–Crippen LogP) is 15.7. The fraction of sp³-hybridized carbons (Fsp3) is 0.906. The molecule has 0 heterocycles. The van der Waals surface area contributed by atoms with Crippen LogP contribution in [-0.4, -0.2) is 46.1 Å². The molecule has 5 heteroatoms. The molecule has 3 atom stereocenters. The highest BCUT2D eigenvalue weighted by molar-refractivity contribution is 5.76. The molecule has 3 unspecified atom stereocenters. The molecule has 0 radical (unpaired) electrons. The highest BCUT2D eigenvalue weighted by Crippen LogP contribution is 2.17. The van der Waals surface area contributed by atoms with Gasteiger partial charge in [-0.05, 0) is 44.9 Å². The van der Waals surface area contributed by atoms with E-state index in [1.54, 1.807) is 6.08 Å². The van der Waals surface area contributed by atoms with Gasteiger partial charge in [-0.25, -0.2) is 0 Å². The smallest absolute Gasteiger partial charge is 0.222 e. The second-order valence-corrected chi connectivity index (χ2v) is 18.1. The maximum atomic E-state index is 12.5. The van der Waals surface area contributed by atoms with E-state index in [0.717, 1.165) is 25.7 Å². The van der Waals surface area contributed by atoms with Gasteiger partial charge in [0.15, 0.2) is 0 Å².